The van der Waals surface area contributed by atoms with Gasteiger partial charge in [0.2, 0.25) is 0 Å². The van der Waals surface area contributed by atoms with Gasteiger partial charge < -0.3 is 14.9 Å². The van der Waals surface area contributed by atoms with E-state index in [9.17, 15) is 9.18 Å². The Morgan fingerprint density at radius 3 is 2.65 bits per heavy atom. The molecule has 2 heterocycles. The van der Waals surface area contributed by atoms with Crippen LogP contribution < -0.4 is 4.90 Å². The van der Waals surface area contributed by atoms with Crippen LogP contribution in [0.25, 0.3) is 10.1 Å². The molecule has 4 nitrogen and oxygen atoms in total. The number of carboxylic acid groups (broad SMARTS) is 1. The number of carbonyl (C=O) groups is 1. The van der Waals surface area contributed by atoms with Gasteiger partial charge in [0.25, 0.3) is 0 Å². The van der Waals surface area contributed by atoms with E-state index in [0.29, 0.717) is 15.8 Å². The average molecular weight is 294 g/mol. The van der Waals surface area contributed by atoms with Crippen LogP contribution in [0.15, 0.2) is 18.2 Å². The molecular weight excluding hydrogens is 279 g/mol. The molecule has 0 radical (unpaired) electrons. The van der Waals surface area contributed by atoms with Crippen LogP contribution in [0.4, 0.5) is 10.1 Å². The van der Waals surface area contributed by atoms with Crippen molar-refractivity contribution in [2.45, 2.75) is 0 Å². The van der Waals surface area contributed by atoms with Crippen molar-refractivity contribution < 1.29 is 14.3 Å². The summed E-state index contributed by atoms with van der Waals surface area (Å²) in [5, 5.41) is 9.65. The van der Waals surface area contributed by atoms with Gasteiger partial charge in [-0.05, 0) is 24.6 Å². The fourth-order valence-corrected chi connectivity index (χ4v) is 3.39. The molecule has 1 saturated heterocycles. The van der Waals surface area contributed by atoms with Crippen LogP contribution in [-0.4, -0.2) is 49.2 Å². The zero-order valence-electron chi connectivity index (χ0n) is 11.1. The van der Waals surface area contributed by atoms with E-state index in [2.05, 4.69) is 11.9 Å². The zero-order chi connectivity index (χ0) is 14.3. The number of nitrogens with zero attached hydrogens (tertiary/aromatic N) is 2. The molecule has 2 aromatic rings. The molecule has 0 spiro atoms. The van der Waals surface area contributed by atoms with Gasteiger partial charge in [0, 0.05) is 26.2 Å². The van der Waals surface area contributed by atoms with E-state index in [1.54, 1.807) is 12.1 Å². The van der Waals surface area contributed by atoms with Crippen LogP contribution in [0.5, 0.6) is 0 Å². The predicted molar refractivity (Wildman–Crippen MR) is 78.5 cm³/mol. The number of fused-ring (bicyclic) bond motifs is 1. The Kier molecular flexibility index (Phi) is 3.35. The molecule has 3 rings (SSSR count). The Morgan fingerprint density at radius 2 is 2.00 bits per heavy atom. The van der Waals surface area contributed by atoms with Crippen LogP contribution in [0.1, 0.15) is 9.67 Å². The number of benzene rings is 1. The minimum Gasteiger partial charge on any atom is -0.477 e. The van der Waals surface area contributed by atoms with Crippen molar-refractivity contribution in [3.63, 3.8) is 0 Å². The van der Waals surface area contributed by atoms with E-state index in [1.165, 1.54) is 6.07 Å². The summed E-state index contributed by atoms with van der Waals surface area (Å²) >= 11 is 0.999. The number of carboxylic acids is 1. The summed E-state index contributed by atoms with van der Waals surface area (Å²) < 4.78 is 15.0. The summed E-state index contributed by atoms with van der Waals surface area (Å²) in [4.78, 5) is 15.4. The van der Waals surface area contributed by atoms with Crippen molar-refractivity contribution in [3.05, 3.63) is 28.9 Å². The predicted octanol–water partition coefficient (Wildman–Crippen LogP) is 2.49. The molecule has 20 heavy (non-hydrogen) atoms. The lowest BCUT2D eigenvalue weighted by atomic mass is 10.2. The number of halogens is 1. The fraction of sp³-hybridized carbons (Fsp3) is 0.357. The highest BCUT2D eigenvalue weighted by atomic mass is 32.1. The van der Waals surface area contributed by atoms with Crippen molar-refractivity contribution in [1.29, 1.82) is 0 Å². The summed E-state index contributed by atoms with van der Waals surface area (Å²) in [6.07, 6.45) is 0. The number of aromatic carboxylic acids is 1. The number of piperazine rings is 1. The monoisotopic (exact) mass is 294 g/mol. The molecule has 0 saturated carbocycles. The highest BCUT2D eigenvalue weighted by molar-refractivity contribution is 7.20. The van der Waals surface area contributed by atoms with Crippen LogP contribution in [0.3, 0.4) is 0 Å². The second-order valence-electron chi connectivity index (χ2n) is 5.02. The SMILES string of the molecule is CN1CCN(c2ccc3cc(C(=O)O)sc3c2F)CC1. The lowest BCUT2D eigenvalue weighted by Gasteiger charge is -2.34. The second-order valence-corrected chi connectivity index (χ2v) is 6.08. The Morgan fingerprint density at radius 1 is 1.30 bits per heavy atom. The zero-order valence-corrected chi connectivity index (χ0v) is 11.9. The fourth-order valence-electron chi connectivity index (χ4n) is 2.46. The van der Waals surface area contributed by atoms with Gasteiger partial charge in [-0.25, -0.2) is 9.18 Å². The molecule has 0 aliphatic carbocycles. The van der Waals surface area contributed by atoms with Crippen LogP contribution >= 0.6 is 11.3 Å². The van der Waals surface area contributed by atoms with E-state index >= 15 is 0 Å². The number of hydrogen-bond acceptors (Lipinski definition) is 4. The van der Waals surface area contributed by atoms with Crippen molar-refractivity contribution in [1.82, 2.24) is 4.90 Å². The van der Waals surface area contributed by atoms with E-state index in [0.717, 1.165) is 37.5 Å². The molecule has 1 aromatic heterocycles. The van der Waals surface area contributed by atoms with Crippen molar-refractivity contribution in [2.75, 3.05) is 38.1 Å². The summed E-state index contributed by atoms with van der Waals surface area (Å²) in [5.74, 6) is -1.31. The highest BCUT2D eigenvalue weighted by Gasteiger charge is 2.20. The summed E-state index contributed by atoms with van der Waals surface area (Å²) in [6, 6.07) is 5.08. The first-order valence-corrected chi connectivity index (χ1v) is 7.27. The maximum atomic E-state index is 14.6. The highest BCUT2D eigenvalue weighted by Crippen LogP contribution is 2.33. The minimum absolute atomic E-state index is 0.175. The van der Waals surface area contributed by atoms with Crippen molar-refractivity contribution in [3.8, 4) is 0 Å². The Bertz CT molecular complexity index is 662. The van der Waals surface area contributed by atoms with Crippen LogP contribution in [-0.2, 0) is 0 Å². The molecule has 0 atom stereocenters. The van der Waals surface area contributed by atoms with E-state index in [1.807, 2.05) is 4.90 Å². The molecule has 1 fully saturated rings. The molecule has 0 bridgehead atoms. The van der Waals surface area contributed by atoms with Gasteiger partial charge in [0.15, 0.2) is 5.82 Å². The van der Waals surface area contributed by atoms with E-state index in [-0.39, 0.29) is 10.7 Å². The van der Waals surface area contributed by atoms with Crippen molar-refractivity contribution in [2.24, 2.45) is 0 Å². The number of thiophene rings is 1. The normalized spacial score (nSPS) is 16.8. The van der Waals surface area contributed by atoms with Gasteiger partial charge in [-0.15, -0.1) is 11.3 Å². The Labute approximate surface area is 120 Å². The molecule has 106 valence electrons. The first-order chi connectivity index (χ1) is 9.56. The Balaban J connectivity index is 2.00. The number of anilines is 1. The molecule has 0 unspecified atom stereocenters. The smallest absolute Gasteiger partial charge is 0.345 e. The third-order valence-electron chi connectivity index (χ3n) is 3.66. The molecule has 1 aliphatic heterocycles. The number of likely N-dealkylation sites (N-methyl/N-ethyl adjacent to an activating group) is 1. The number of hydrogen-bond donors (Lipinski definition) is 1. The molecule has 0 amide bonds. The standard InChI is InChI=1S/C14H15FN2O2S/c1-16-4-6-17(7-5-16)10-3-2-9-8-11(14(18)19)20-13(9)12(10)15/h2-3,8H,4-7H2,1H3,(H,18,19). The Hall–Kier alpha value is -1.66. The minimum atomic E-state index is -1.01. The maximum Gasteiger partial charge on any atom is 0.345 e. The third kappa shape index (κ3) is 2.25. The molecule has 6 heteroatoms. The van der Waals surface area contributed by atoms with Crippen LogP contribution in [0.2, 0.25) is 0 Å². The lowest BCUT2D eigenvalue weighted by Crippen LogP contribution is -2.44. The summed E-state index contributed by atoms with van der Waals surface area (Å²) in [5.41, 5.74) is 0.574. The summed E-state index contributed by atoms with van der Waals surface area (Å²) in [7, 11) is 2.05. The third-order valence-corrected chi connectivity index (χ3v) is 4.79. The largest absolute Gasteiger partial charge is 0.477 e. The van der Waals surface area contributed by atoms with E-state index < -0.39 is 5.97 Å². The second kappa shape index (κ2) is 5.03. The first-order valence-electron chi connectivity index (χ1n) is 6.45. The van der Waals surface area contributed by atoms with Gasteiger partial charge in [0.1, 0.15) is 4.88 Å². The molecule has 1 aliphatic rings. The van der Waals surface area contributed by atoms with Gasteiger partial charge in [0.05, 0.1) is 10.4 Å². The van der Waals surface area contributed by atoms with Gasteiger partial charge in [-0.1, -0.05) is 6.07 Å². The summed E-state index contributed by atoms with van der Waals surface area (Å²) in [6.45, 7) is 3.39. The topological polar surface area (TPSA) is 43.8 Å². The van der Waals surface area contributed by atoms with Crippen LogP contribution in [0, 0.1) is 5.82 Å². The van der Waals surface area contributed by atoms with Crippen molar-refractivity contribution >= 4 is 33.1 Å². The lowest BCUT2D eigenvalue weighted by molar-refractivity contribution is 0.0702. The van der Waals surface area contributed by atoms with Gasteiger partial charge in [-0.3, -0.25) is 0 Å². The maximum absolute atomic E-state index is 14.6. The van der Waals surface area contributed by atoms with Gasteiger partial charge in [-0.2, -0.15) is 0 Å². The number of rotatable bonds is 2. The average Bonchev–Trinajstić information content (AvgIpc) is 2.86. The first kappa shape index (κ1) is 13.3. The molecular formula is C14H15FN2O2S. The quantitative estimate of drug-likeness (QED) is 0.924. The molecule has 1 aromatic carbocycles. The van der Waals surface area contributed by atoms with E-state index in [4.69, 9.17) is 5.11 Å². The van der Waals surface area contributed by atoms with Gasteiger partial charge >= 0.3 is 5.97 Å². The molecule has 1 N–H and O–H groups in total.